The van der Waals surface area contributed by atoms with Crippen molar-refractivity contribution in [3.63, 3.8) is 0 Å². The van der Waals surface area contributed by atoms with Crippen LogP contribution in [0.1, 0.15) is 18.9 Å². The molecule has 0 aliphatic carbocycles. The van der Waals surface area contributed by atoms with Gasteiger partial charge in [-0.15, -0.1) is 0 Å². The van der Waals surface area contributed by atoms with Crippen LogP contribution in [0.5, 0.6) is 0 Å². The van der Waals surface area contributed by atoms with Gasteiger partial charge < -0.3 is 4.74 Å². The Bertz CT molecular complexity index is 383. The van der Waals surface area contributed by atoms with E-state index in [1.807, 2.05) is 6.92 Å². The molecular weight excluding hydrogens is 195 g/mol. The van der Waals surface area contributed by atoms with Crippen molar-refractivity contribution in [1.82, 2.24) is 0 Å². The molecule has 80 valence electrons. The van der Waals surface area contributed by atoms with Gasteiger partial charge in [0, 0.05) is 11.1 Å². The number of halogens is 1. The van der Waals surface area contributed by atoms with Gasteiger partial charge in [0.25, 0.3) is 0 Å². The summed E-state index contributed by atoms with van der Waals surface area (Å²) in [6.45, 7) is 1.82. The first-order chi connectivity index (χ1) is 7.19. The fourth-order valence-electron chi connectivity index (χ4n) is 1.22. The Kier molecular flexibility index (Phi) is 4.03. The Morgan fingerprint density at radius 2 is 2.13 bits per heavy atom. The molecule has 3 heteroatoms. The maximum atomic E-state index is 13.3. The maximum absolute atomic E-state index is 13.3. The molecule has 0 aliphatic rings. The van der Waals surface area contributed by atoms with E-state index in [4.69, 9.17) is 0 Å². The molecule has 0 fully saturated rings. The third-order valence-corrected chi connectivity index (χ3v) is 2.06. The highest BCUT2D eigenvalue weighted by Gasteiger charge is 2.08. The third-order valence-electron chi connectivity index (χ3n) is 2.06. The zero-order chi connectivity index (χ0) is 11.3. The fourth-order valence-corrected chi connectivity index (χ4v) is 1.22. The van der Waals surface area contributed by atoms with E-state index in [2.05, 4.69) is 4.74 Å². The Morgan fingerprint density at radius 3 is 2.67 bits per heavy atom. The van der Waals surface area contributed by atoms with Crippen LogP contribution in [0.3, 0.4) is 0 Å². The number of carbonyl (C=O) groups excluding carboxylic acids is 1. The molecule has 0 radical (unpaired) electrons. The van der Waals surface area contributed by atoms with Gasteiger partial charge in [-0.3, -0.25) is 0 Å². The fraction of sp³-hybridized carbons (Fsp3) is 0.250. The largest absolute Gasteiger partial charge is 0.466 e. The van der Waals surface area contributed by atoms with E-state index < -0.39 is 5.97 Å². The highest BCUT2D eigenvalue weighted by Crippen LogP contribution is 2.14. The molecule has 0 amide bonds. The lowest BCUT2D eigenvalue weighted by atomic mass is 10.1. The number of methoxy groups -OCH3 is 1. The first kappa shape index (κ1) is 11.4. The van der Waals surface area contributed by atoms with Crippen LogP contribution in [0.25, 0.3) is 6.08 Å². The number of ether oxygens (including phenoxy) is 1. The molecule has 0 saturated carbocycles. The highest BCUT2D eigenvalue weighted by atomic mass is 19.1. The highest BCUT2D eigenvalue weighted by molar-refractivity contribution is 5.93. The molecule has 2 nitrogen and oxygen atoms in total. The molecule has 0 unspecified atom stereocenters. The number of carbonyl (C=O) groups is 1. The average molecular weight is 208 g/mol. The molecule has 0 bridgehead atoms. The lowest BCUT2D eigenvalue weighted by Gasteiger charge is -2.02. The van der Waals surface area contributed by atoms with E-state index in [1.165, 1.54) is 19.3 Å². The van der Waals surface area contributed by atoms with Gasteiger partial charge in [-0.2, -0.15) is 0 Å². The third kappa shape index (κ3) is 2.91. The molecule has 15 heavy (non-hydrogen) atoms. The SMILES string of the molecule is CC/C(=C\c1ccccc1F)C(=O)OC. The zero-order valence-electron chi connectivity index (χ0n) is 8.79. The van der Waals surface area contributed by atoms with Gasteiger partial charge in [0.05, 0.1) is 7.11 Å². The van der Waals surface area contributed by atoms with Crippen LogP contribution in [0.4, 0.5) is 4.39 Å². The zero-order valence-corrected chi connectivity index (χ0v) is 8.79. The van der Waals surface area contributed by atoms with Gasteiger partial charge in [0.1, 0.15) is 5.82 Å². The quantitative estimate of drug-likeness (QED) is 0.564. The second-order valence-corrected chi connectivity index (χ2v) is 3.04. The molecule has 1 aromatic rings. The minimum absolute atomic E-state index is 0.340. The molecule has 0 saturated heterocycles. The number of hydrogen-bond acceptors (Lipinski definition) is 2. The van der Waals surface area contributed by atoms with Crippen LogP contribution in [-0.4, -0.2) is 13.1 Å². The smallest absolute Gasteiger partial charge is 0.333 e. The summed E-state index contributed by atoms with van der Waals surface area (Å²) in [6.07, 6.45) is 2.03. The minimum Gasteiger partial charge on any atom is -0.466 e. The van der Waals surface area contributed by atoms with Crippen molar-refractivity contribution in [3.8, 4) is 0 Å². The van der Waals surface area contributed by atoms with Gasteiger partial charge >= 0.3 is 5.97 Å². The molecule has 0 spiro atoms. The van der Waals surface area contributed by atoms with E-state index in [-0.39, 0.29) is 5.82 Å². The monoisotopic (exact) mass is 208 g/mol. The molecule has 1 rings (SSSR count). The number of benzene rings is 1. The van der Waals surface area contributed by atoms with Crippen LogP contribution in [0, 0.1) is 5.82 Å². The summed E-state index contributed by atoms with van der Waals surface area (Å²) < 4.78 is 17.8. The first-order valence-corrected chi connectivity index (χ1v) is 4.72. The van der Waals surface area contributed by atoms with Crippen LogP contribution < -0.4 is 0 Å². The summed E-state index contributed by atoms with van der Waals surface area (Å²) in [4.78, 5) is 11.2. The van der Waals surface area contributed by atoms with Gasteiger partial charge in [-0.25, -0.2) is 9.18 Å². The maximum Gasteiger partial charge on any atom is 0.333 e. The van der Waals surface area contributed by atoms with Crippen molar-refractivity contribution in [2.24, 2.45) is 0 Å². The van der Waals surface area contributed by atoms with Crippen LogP contribution in [-0.2, 0) is 9.53 Å². The molecule has 0 atom stereocenters. The van der Waals surface area contributed by atoms with Crippen molar-refractivity contribution in [2.45, 2.75) is 13.3 Å². The minimum atomic E-state index is -0.416. The first-order valence-electron chi connectivity index (χ1n) is 4.72. The lowest BCUT2D eigenvalue weighted by Crippen LogP contribution is -2.03. The molecule has 1 aromatic carbocycles. The summed E-state index contributed by atoms with van der Waals surface area (Å²) in [5.41, 5.74) is 0.863. The van der Waals surface area contributed by atoms with Crippen molar-refractivity contribution < 1.29 is 13.9 Å². The summed E-state index contributed by atoms with van der Waals surface area (Å²) in [5, 5.41) is 0. The molecule has 0 aliphatic heterocycles. The lowest BCUT2D eigenvalue weighted by molar-refractivity contribution is -0.136. The second kappa shape index (κ2) is 5.29. The summed E-state index contributed by atoms with van der Waals surface area (Å²) in [6, 6.07) is 6.31. The molecule has 0 heterocycles. The van der Waals surface area contributed by atoms with E-state index in [0.29, 0.717) is 17.6 Å². The topological polar surface area (TPSA) is 26.3 Å². The molecule has 0 aromatic heterocycles. The number of rotatable bonds is 3. The Morgan fingerprint density at radius 1 is 1.47 bits per heavy atom. The van der Waals surface area contributed by atoms with Gasteiger partial charge in [0.15, 0.2) is 0 Å². The van der Waals surface area contributed by atoms with Crippen LogP contribution >= 0.6 is 0 Å². The summed E-state index contributed by atoms with van der Waals surface area (Å²) >= 11 is 0. The predicted octanol–water partition coefficient (Wildman–Crippen LogP) is 2.79. The second-order valence-electron chi connectivity index (χ2n) is 3.04. The van der Waals surface area contributed by atoms with Gasteiger partial charge in [0.2, 0.25) is 0 Å². The van der Waals surface area contributed by atoms with E-state index >= 15 is 0 Å². The number of esters is 1. The van der Waals surface area contributed by atoms with E-state index in [9.17, 15) is 9.18 Å². The van der Waals surface area contributed by atoms with Crippen LogP contribution in [0.15, 0.2) is 29.8 Å². The molecular formula is C12H13FO2. The van der Waals surface area contributed by atoms with Crippen molar-refractivity contribution >= 4 is 12.0 Å². The average Bonchev–Trinajstić information content (AvgIpc) is 2.27. The number of hydrogen-bond donors (Lipinski definition) is 0. The predicted molar refractivity (Wildman–Crippen MR) is 56.7 cm³/mol. The van der Waals surface area contributed by atoms with E-state index in [0.717, 1.165) is 0 Å². The Balaban J connectivity index is 3.03. The Labute approximate surface area is 88.4 Å². The normalized spacial score (nSPS) is 11.3. The van der Waals surface area contributed by atoms with Crippen molar-refractivity contribution in [1.29, 1.82) is 0 Å². The van der Waals surface area contributed by atoms with Crippen molar-refractivity contribution in [2.75, 3.05) is 7.11 Å². The van der Waals surface area contributed by atoms with E-state index in [1.54, 1.807) is 18.2 Å². The summed E-state index contributed by atoms with van der Waals surface area (Å²) in [7, 11) is 1.31. The van der Waals surface area contributed by atoms with Crippen molar-refractivity contribution in [3.05, 3.63) is 41.2 Å². The summed E-state index contributed by atoms with van der Waals surface area (Å²) in [5.74, 6) is -0.756. The Hall–Kier alpha value is -1.64. The van der Waals surface area contributed by atoms with Gasteiger partial charge in [-0.1, -0.05) is 25.1 Å². The van der Waals surface area contributed by atoms with Crippen LogP contribution in [0.2, 0.25) is 0 Å². The van der Waals surface area contributed by atoms with Gasteiger partial charge in [-0.05, 0) is 18.6 Å². The standard InChI is InChI=1S/C12H13FO2/c1-3-9(12(14)15-2)8-10-6-4-5-7-11(10)13/h4-8H,3H2,1-2H3/b9-8+. The molecule has 0 N–H and O–H groups in total.